The monoisotopic (exact) mass is 170 g/mol. The van der Waals surface area contributed by atoms with Crippen molar-refractivity contribution >= 4 is 5.69 Å². The van der Waals surface area contributed by atoms with E-state index in [2.05, 4.69) is 4.98 Å². The number of rotatable bonds is 1. The number of hydrogen-bond acceptors (Lipinski definition) is 2. The van der Waals surface area contributed by atoms with Crippen LogP contribution in [0.4, 0.5) is 5.69 Å². The van der Waals surface area contributed by atoms with E-state index in [9.17, 15) is 0 Å². The molecule has 64 valence electrons. The minimum Gasteiger partial charge on any atom is -0.398 e. The van der Waals surface area contributed by atoms with Crippen molar-refractivity contribution in [2.45, 2.75) is 0 Å². The number of aromatic nitrogens is 1. The standard InChI is InChI=1S/C11H10N2/c12-11-6-7-13-8-10(11)9-4-2-1-3-5-9/h1-8H,(H2,12,13). The Bertz CT molecular complexity index is 396. The van der Waals surface area contributed by atoms with Crippen LogP contribution < -0.4 is 5.73 Å². The number of nitrogen functional groups attached to an aromatic ring is 1. The highest BCUT2D eigenvalue weighted by atomic mass is 14.7. The predicted octanol–water partition coefficient (Wildman–Crippen LogP) is 2.33. The Labute approximate surface area is 77.0 Å². The summed E-state index contributed by atoms with van der Waals surface area (Å²) in [6.45, 7) is 0. The highest BCUT2D eigenvalue weighted by Gasteiger charge is 1.99. The van der Waals surface area contributed by atoms with Crippen molar-refractivity contribution in [2.75, 3.05) is 5.73 Å². The first-order valence-corrected chi connectivity index (χ1v) is 4.13. The largest absolute Gasteiger partial charge is 0.398 e. The summed E-state index contributed by atoms with van der Waals surface area (Å²) in [5, 5.41) is 0. The predicted molar refractivity (Wildman–Crippen MR) is 54.1 cm³/mol. The van der Waals surface area contributed by atoms with Crippen LogP contribution in [0.2, 0.25) is 0 Å². The molecule has 0 amide bonds. The lowest BCUT2D eigenvalue weighted by Crippen LogP contribution is -1.89. The topological polar surface area (TPSA) is 38.9 Å². The van der Waals surface area contributed by atoms with Crippen molar-refractivity contribution in [3.63, 3.8) is 0 Å². The molecule has 1 aromatic heterocycles. The van der Waals surface area contributed by atoms with Gasteiger partial charge in [-0.1, -0.05) is 30.3 Å². The maximum Gasteiger partial charge on any atom is 0.0424 e. The highest BCUT2D eigenvalue weighted by Crippen LogP contribution is 2.23. The van der Waals surface area contributed by atoms with Crippen LogP contribution in [-0.2, 0) is 0 Å². The molecular formula is C11H10N2. The van der Waals surface area contributed by atoms with E-state index >= 15 is 0 Å². The van der Waals surface area contributed by atoms with E-state index in [-0.39, 0.29) is 0 Å². The molecule has 2 N–H and O–H groups in total. The van der Waals surface area contributed by atoms with Gasteiger partial charge in [0.2, 0.25) is 0 Å². The van der Waals surface area contributed by atoms with Gasteiger partial charge in [-0.3, -0.25) is 4.98 Å². The summed E-state index contributed by atoms with van der Waals surface area (Å²) in [6, 6.07) is 11.8. The van der Waals surface area contributed by atoms with Crippen molar-refractivity contribution in [2.24, 2.45) is 0 Å². The van der Waals surface area contributed by atoms with Crippen molar-refractivity contribution in [1.82, 2.24) is 4.98 Å². The number of hydrogen-bond donors (Lipinski definition) is 1. The fourth-order valence-electron chi connectivity index (χ4n) is 1.26. The first kappa shape index (κ1) is 7.80. The van der Waals surface area contributed by atoms with E-state index < -0.39 is 0 Å². The van der Waals surface area contributed by atoms with E-state index in [0.717, 1.165) is 16.8 Å². The normalized spacial score (nSPS) is 9.85. The van der Waals surface area contributed by atoms with E-state index in [1.165, 1.54) is 0 Å². The van der Waals surface area contributed by atoms with Gasteiger partial charge >= 0.3 is 0 Å². The summed E-state index contributed by atoms with van der Waals surface area (Å²) in [5.41, 5.74) is 8.67. The quantitative estimate of drug-likeness (QED) is 0.713. The van der Waals surface area contributed by atoms with Gasteiger partial charge < -0.3 is 5.73 Å². The molecule has 0 atom stereocenters. The van der Waals surface area contributed by atoms with Gasteiger partial charge in [-0.05, 0) is 11.6 Å². The lowest BCUT2D eigenvalue weighted by atomic mass is 10.1. The Kier molecular flexibility index (Phi) is 1.96. The van der Waals surface area contributed by atoms with Gasteiger partial charge in [-0.25, -0.2) is 0 Å². The van der Waals surface area contributed by atoms with Crippen LogP contribution in [0, 0.1) is 0 Å². The lowest BCUT2D eigenvalue weighted by Gasteiger charge is -2.03. The van der Waals surface area contributed by atoms with Crippen LogP contribution in [-0.4, -0.2) is 4.98 Å². The van der Waals surface area contributed by atoms with Crippen LogP contribution >= 0.6 is 0 Å². The Morgan fingerprint density at radius 3 is 2.46 bits per heavy atom. The number of nitrogens with zero attached hydrogens (tertiary/aromatic N) is 1. The summed E-state index contributed by atoms with van der Waals surface area (Å²) in [7, 11) is 0. The summed E-state index contributed by atoms with van der Waals surface area (Å²) >= 11 is 0. The molecule has 0 radical (unpaired) electrons. The molecule has 1 heterocycles. The van der Waals surface area contributed by atoms with Gasteiger partial charge in [0.25, 0.3) is 0 Å². The average Bonchev–Trinajstić information content (AvgIpc) is 2.20. The molecule has 0 aliphatic heterocycles. The second-order valence-corrected chi connectivity index (χ2v) is 2.83. The third kappa shape index (κ3) is 1.51. The maximum absolute atomic E-state index is 5.81. The molecule has 0 saturated heterocycles. The SMILES string of the molecule is Nc1ccncc1-c1ccccc1. The number of benzene rings is 1. The smallest absolute Gasteiger partial charge is 0.0424 e. The second kappa shape index (κ2) is 3.27. The average molecular weight is 170 g/mol. The summed E-state index contributed by atoms with van der Waals surface area (Å²) in [6.07, 6.45) is 3.48. The third-order valence-corrected chi connectivity index (χ3v) is 1.94. The zero-order valence-corrected chi connectivity index (χ0v) is 7.14. The van der Waals surface area contributed by atoms with Crippen LogP contribution in [0.3, 0.4) is 0 Å². The molecule has 0 aliphatic rings. The molecule has 13 heavy (non-hydrogen) atoms. The second-order valence-electron chi connectivity index (χ2n) is 2.83. The van der Waals surface area contributed by atoms with Crippen molar-refractivity contribution < 1.29 is 0 Å². The van der Waals surface area contributed by atoms with Gasteiger partial charge in [0, 0.05) is 23.6 Å². The molecule has 2 heteroatoms. The fourth-order valence-corrected chi connectivity index (χ4v) is 1.26. The van der Waals surface area contributed by atoms with E-state index in [1.54, 1.807) is 12.4 Å². The molecule has 2 nitrogen and oxygen atoms in total. The van der Waals surface area contributed by atoms with E-state index in [4.69, 9.17) is 5.73 Å². The Morgan fingerprint density at radius 1 is 1.00 bits per heavy atom. The molecule has 2 aromatic rings. The van der Waals surface area contributed by atoms with Crippen LogP contribution in [0.5, 0.6) is 0 Å². The molecule has 0 bridgehead atoms. The van der Waals surface area contributed by atoms with E-state index in [0.29, 0.717) is 0 Å². The van der Waals surface area contributed by atoms with Gasteiger partial charge in [-0.2, -0.15) is 0 Å². The summed E-state index contributed by atoms with van der Waals surface area (Å²) in [5.74, 6) is 0. The minimum atomic E-state index is 0.765. The molecule has 0 aliphatic carbocycles. The molecule has 2 rings (SSSR count). The Balaban J connectivity index is 2.54. The third-order valence-electron chi connectivity index (χ3n) is 1.94. The zero-order valence-electron chi connectivity index (χ0n) is 7.14. The van der Waals surface area contributed by atoms with Gasteiger partial charge in [0.1, 0.15) is 0 Å². The van der Waals surface area contributed by atoms with Gasteiger partial charge in [0.05, 0.1) is 0 Å². The molecular weight excluding hydrogens is 160 g/mol. The molecule has 0 unspecified atom stereocenters. The van der Waals surface area contributed by atoms with Crippen LogP contribution in [0.25, 0.3) is 11.1 Å². The van der Waals surface area contributed by atoms with Crippen molar-refractivity contribution in [3.8, 4) is 11.1 Å². The summed E-state index contributed by atoms with van der Waals surface area (Å²) < 4.78 is 0. The zero-order chi connectivity index (χ0) is 9.10. The number of pyridine rings is 1. The van der Waals surface area contributed by atoms with Crippen LogP contribution in [0.15, 0.2) is 48.8 Å². The first-order chi connectivity index (χ1) is 6.38. The minimum absolute atomic E-state index is 0.765. The highest BCUT2D eigenvalue weighted by molar-refractivity contribution is 5.74. The molecule has 1 aromatic carbocycles. The number of nitrogens with two attached hydrogens (primary N) is 1. The maximum atomic E-state index is 5.81. The lowest BCUT2D eigenvalue weighted by molar-refractivity contribution is 1.33. The molecule has 0 saturated carbocycles. The van der Waals surface area contributed by atoms with Gasteiger partial charge in [-0.15, -0.1) is 0 Å². The molecule has 0 spiro atoms. The van der Waals surface area contributed by atoms with Gasteiger partial charge in [0.15, 0.2) is 0 Å². The molecule has 0 fully saturated rings. The fraction of sp³-hybridized carbons (Fsp3) is 0. The number of anilines is 1. The van der Waals surface area contributed by atoms with Crippen LogP contribution in [0.1, 0.15) is 0 Å². The first-order valence-electron chi connectivity index (χ1n) is 4.13. The van der Waals surface area contributed by atoms with Crippen molar-refractivity contribution in [3.05, 3.63) is 48.8 Å². The summed E-state index contributed by atoms with van der Waals surface area (Å²) in [4.78, 5) is 4.04. The van der Waals surface area contributed by atoms with Crippen molar-refractivity contribution in [1.29, 1.82) is 0 Å². The Hall–Kier alpha value is -1.83. The Morgan fingerprint density at radius 2 is 1.77 bits per heavy atom. The van der Waals surface area contributed by atoms with E-state index in [1.807, 2.05) is 36.4 Å².